The van der Waals surface area contributed by atoms with Crippen LogP contribution in [0.15, 0.2) is 18.2 Å². The van der Waals surface area contributed by atoms with Crippen LogP contribution in [-0.2, 0) is 6.54 Å². The maximum absolute atomic E-state index is 5.29. The molecule has 0 atom stereocenters. The average Bonchev–Trinajstić information content (AvgIpc) is 2.77. The summed E-state index contributed by atoms with van der Waals surface area (Å²) in [6.45, 7) is 7.90. The number of benzene rings is 1. The van der Waals surface area contributed by atoms with Crippen molar-refractivity contribution in [2.45, 2.75) is 27.3 Å². The van der Waals surface area contributed by atoms with E-state index in [-0.39, 0.29) is 0 Å². The summed E-state index contributed by atoms with van der Waals surface area (Å²) < 4.78 is 5.29. The summed E-state index contributed by atoms with van der Waals surface area (Å²) in [4.78, 5) is 7.98. The highest BCUT2D eigenvalue weighted by Crippen LogP contribution is 2.26. The van der Waals surface area contributed by atoms with Crippen LogP contribution in [0, 0.1) is 13.8 Å². The van der Waals surface area contributed by atoms with Gasteiger partial charge in [-0.2, -0.15) is 0 Å². The summed E-state index contributed by atoms with van der Waals surface area (Å²) in [5.74, 6) is 1.88. The van der Waals surface area contributed by atoms with Crippen LogP contribution in [-0.4, -0.2) is 23.6 Å². The second-order valence-corrected chi connectivity index (χ2v) is 4.62. The van der Waals surface area contributed by atoms with Gasteiger partial charge in [0.2, 0.25) is 0 Å². The number of hydrogen-bond donors (Lipinski definition) is 2. The van der Waals surface area contributed by atoms with Gasteiger partial charge in [0, 0.05) is 11.3 Å². The summed E-state index contributed by atoms with van der Waals surface area (Å²) in [7, 11) is 1.69. The van der Waals surface area contributed by atoms with Crippen LogP contribution in [0.5, 0.6) is 5.75 Å². The Morgan fingerprint density at radius 1 is 1.32 bits per heavy atom. The molecule has 0 amide bonds. The van der Waals surface area contributed by atoms with Gasteiger partial charge in [-0.3, -0.25) is 0 Å². The highest BCUT2D eigenvalue weighted by Gasteiger charge is 2.10. The average molecular weight is 259 g/mol. The zero-order chi connectivity index (χ0) is 13.8. The molecule has 19 heavy (non-hydrogen) atoms. The molecular weight excluding hydrogens is 238 g/mol. The zero-order valence-corrected chi connectivity index (χ0v) is 12.0. The molecule has 1 aromatic heterocycles. The Hall–Kier alpha value is -1.81. The molecule has 0 aliphatic rings. The van der Waals surface area contributed by atoms with Gasteiger partial charge in [0.25, 0.3) is 0 Å². The minimum Gasteiger partial charge on any atom is -0.496 e. The van der Waals surface area contributed by atoms with Crippen LogP contribution >= 0.6 is 0 Å². The molecule has 2 rings (SSSR count). The fraction of sp³-hybridized carbons (Fsp3) is 0.400. The molecule has 4 nitrogen and oxygen atoms in total. The predicted octanol–water partition coefficient (Wildman–Crippen LogP) is 2.81. The van der Waals surface area contributed by atoms with E-state index in [0.717, 1.165) is 47.2 Å². The van der Waals surface area contributed by atoms with Gasteiger partial charge >= 0.3 is 0 Å². The van der Waals surface area contributed by atoms with E-state index in [9.17, 15) is 0 Å². The van der Waals surface area contributed by atoms with Crippen molar-refractivity contribution in [3.63, 3.8) is 0 Å². The lowest BCUT2D eigenvalue weighted by molar-refractivity contribution is 0.412. The third kappa shape index (κ3) is 2.96. The van der Waals surface area contributed by atoms with Crippen molar-refractivity contribution < 1.29 is 4.74 Å². The molecule has 4 heteroatoms. The summed E-state index contributed by atoms with van der Waals surface area (Å²) in [5, 5.41) is 3.27. The summed E-state index contributed by atoms with van der Waals surface area (Å²) in [5.41, 5.74) is 4.35. The fourth-order valence-electron chi connectivity index (χ4n) is 2.16. The molecule has 1 heterocycles. The van der Waals surface area contributed by atoms with Crippen LogP contribution in [0.3, 0.4) is 0 Å². The second kappa shape index (κ2) is 5.89. The van der Waals surface area contributed by atoms with Crippen molar-refractivity contribution in [1.82, 2.24) is 15.3 Å². The van der Waals surface area contributed by atoms with Gasteiger partial charge in [0.05, 0.1) is 19.3 Å². The molecular formula is C15H21N3O. The van der Waals surface area contributed by atoms with Crippen LogP contribution in [0.4, 0.5) is 0 Å². The molecule has 2 aromatic rings. The predicted molar refractivity (Wildman–Crippen MR) is 77.4 cm³/mol. The van der Waals surface area contributed by atoms with Gasteiger partial charge in [0.1, 0.15) is 11.6 Å². The topological polar surface area (TPSA) is 49.9 Å². The maximum atomic E-state index is 5.29. The first-order chi connectivity index (χ1) is 9.15. The van der Waals surface area contributed by atoms with Crippen molar-refractivity contribution in [3.8, 4) is 17.0 Å². The van der Waals surface area contributed by atoms with E-state index < -0.39 is 0 Å². The SMILES string of the molecule is CCNCc1nc(-c2ccc(OC)c(C)c2)c(C)[nH]1. The summed E-state index contributed by atoms with van der Waals surface area (Å²) >= 11 is 0. The van der Waals surface area contributed by atoms with Crippen LogP contribution in [0.25, 0.3) is 11.3 Å². The molecule has 0 fully saturated rings. The number of imidazole rings is 1. The molecule has 0 aliphatic carbocycles. The first-order valence-corrected chi connectivity index (χ1v) is 6.57. The largest absolute Gasteiger partial charge is 0.496 e. The number of ether oxygens (including phenoxy) is 1. The molecule has 1 aromatic carbocycles. The molecule has 0 aliphatic heterocycles. The third-order valence-corrected chi connectivity index (χ3v) is 3.14. The van der Waals surface area contributed by atoms with Crippen molar-refractivity contribution in [2.75, 3.05) is 13.7 Å². The van der Waals surface area contributed by atoms with E-state index >= 15 is 0 Å². The number of nitrogens with zero attached hydrogens (tertiary/aromatic N) is 1. The van der Waals surface area contributed by atoms with E-state index in [1.54, 1.807) is 7.11 Å². The molecule has 0 radical (unpaired) electrons. The normalized spacial score (nSPS) is 10.7. The van der Waals surface area contributed by atoms with Gasteiger partial charge < -0.3 is 15.0 Å². The minimum atomic E-state index is 0.770. The summed E-state index contributed by atoms with van der Waals surface area (Å²) in [6, 6.07) is 6.15. The number of hydrogen-bond acceptors (Lipinski definition) is 3. The number of aromatic nitrogens is 2. The quantitative estimate of drug-likeness (QED) is 0.868. The Kier molecular flexibility index (Phi) is 4.22. The van der Waals surface area contributed by atoms with Crippen molar-refractivity contribution in [2.24, 2.45) is 0 Å². The standard InChI is InChI=1S/C15H21N3O/c1-5-16-9-14-17-11(3)15(18-14)12-6-7-13(19-4)10(2)8-12/h6-8,16H,5,9H2,1-4H3,(H,17,18). The van der Waals surface area contributed by atoms with Gasteiger partial charge in [-0.05, 0) is 44.2 Å². The van der Waals surface area contributed by atoms with Gasteiger partial charge in [0.15, 0.2) is 0 Å². The molecule has 0 bridgehead atoms. The van der Waals surface area contributed by atoms with E-state index in [0.29, 0.717) is 0 Å². The van der Waals surface area contributed by atoms with E-state index in [1.165, 1.54) is 0 Å². The monoisotopic (exact) mass is 259 g/mol. The van der Waals surface area contributed by atoms with Crippen LogP contribution < -0.4 is 10.1 Å². The number of nitrogens with one attached hydrogen (secondary N) is 2. The minimum absolute atomic E-state index is 0.770. The molecule has 102 valence electrons. The van der Waals surface area contributed by atoms with Crippen molar-refractivity contribution in [3.05, 3.63) is 35.3 Å². The van der Waals surface area contributed by atoms with Gasteiger partial charge in [-0.1, -0.05) is 6.92 Å². The fourth-order valence-corrected chi connectivity index (χ4v) is 2.16. The second-order valence-electron chi connectivity index (χ2n) is 4.62. The Labute approximate surface area is 114 Å². The number of H-pyrrole nitrogens is 1. The van der Waals surface area contributed by atoms with E-state index in [2.05, 4.69) is 35.2 Å². The highest BCUT2D eigenvalue weighted by molar-refractivity contribution is 5.64. The summed E-state index contributed by atoms with van der Waals surface area (Å²) in [6.07, 6.45) is 0. The van der Waals surface area contributed by atoms with Crippen molar-refractivity contribution in [1.29, 1.82) is 0 Å². The molecule has 0 spiro atoms. The lowest BCUT2D eigenvalue weighted by atomic mass is 10.1. The lowest BCUT2D eigenvalue weighted by Crippen LogP contribution is -2.12. The van der Waals surface area contributed by atoms with Crippen LogP contribution in [0.2, 0.25) is 0 Å². The van der Waals surface area contributed by atoms with Gasteiger partial charge in [-0.25, -0.2) is 4.98 Å². The van der Waals surface area contributed by atoms with E-state index in [4.69, 9.17) is 4.74 Å². The Bertz CT molecular complexity index is 561. The molecule has 0 saturated carbocycles. The highest BCUT2D eigenvalue weighted by atomic mass is 16.5. The van der Waals surface area contributed by atoms with Crippen LogP contribution in [0.1, 0.15) is 24.0 Å². The number of aryl methyl sites for hydroxylation is 2. The Balaban J connectivity index is 2.30. The van der Waals surface area contributed by atoms with E-state index in [1.807, 2.05) is 19.1 Å². The maximum Gasteiger partial charge on any atom is 0.121 e. The first-order valence-electron chi connectivity index (χ1n) is 6.57. The van der Waals surface area contributed by atoms with Gasteiger partial charge in [-0.15, -0.1) is 0 Å². The molecule has 2 N–H and O–H groups in total. The smallest absolute Gasteiger partial charge is 0.121 e. The molecule has 0 unspecified atom stereocenters. The Morgan fingerprint density at radius 2 is 2.11 bits per heavy atom. The number of methoxy groups -OCH3 is 1. The zero-order valence-electron chi connectivity index (χ0n) is 12.0. The third-order valence-electron chi connectivity index (χ3n) is 3.14. The lowest BCUT2D eigenvalue weighted by Gasteiger charge is -2.06. The number of rotatable bonds is 5. The molecule has 0 saturated heterocycles. The first kappa shape index (κ1) is 13.6. The Morgan fingerprint density at radius 3 is 2.74 bits per heavy atom. The number of aromatic amines is 1. The van der Waals surface area contributed by atoms with Crippen molar-refractivity contribution >= 4 is 0 Å².